The molecular weight excluding hydrogens is 242 g/mol. The normalized spacial score (nSPS) is 16.8. The molecular formula is C14H21N3O2. The first-order valence-electron chi connectivity index (χ1n) is 6.96. The van der Waals surface area contributed by atoms with E-state index in [4.69, 9.17) is 0 Å². The Morgan fingerprint density at radius 1 is 1.11 bits per heavy atom. The van der Waals surface area contributed by atoms with Crippen LogP contribution in [-0.4, -0.2) is 36.0 Å². The lowest BCUT2D eigenvalue weighted by Gasteiger charge is -2.20. The van der Waals surface area contributed by atoms with Gasteiger partial charge < -0.3 is 10.2 Å². The Morgan fingerprint density at radius 3 is 2.32 bits per heavy atom. The van der Waals surface area contributed by atoms with Crippen LogP contribution in [0.3, 0.4) is 0 Å². The third kappa shape index (κ3) is 4.52. The average molecular weight is 263 g/mol. The number of benzene rings is 1. The van der Waals surface area contributed by atoms with Gasteiger partial charge in [0.2, 0.25) is 0 Å². The highest BCUT2D eigenvalue weighted by Crippen LogP contribution is 2.15. The number of non-ortho nitro benzene ring substituents is 1. The molecule has 0 bridgehead atoms. The van der Waals surface area contributed by atoms with Crippen LogP contribution in [0, 0.1) is 10.1 Å². The molecule has 1 N–H and O–H groups in total. The molecule has 5 nitrogen and oxygen atoms in total. The molecule has 1 fully saturated rings. The molecule has 0 amide bonds. The van der Waals surface area contributed by atoms with Gasteiger partial charge in [-0.25, -0.2) is 0 Å². The molecule has 19 heavy (non-hydrogen) atoms. The molecule has 0 aromatic heterocycles. The van der Waals surface area contributed by atoms with Crippen molar-refractivity contribution in [2.45, 2.75) is 25.7 Å². The summed E-state index contributed by atoms with van der Waals surface area (Å²) in [6.45, 7) is 4.32. The number of hydrogen-bond donors (Lipinski definition) is 1. The number of nitro benzene ring substituents is 1. The second-order valence-electron chi connectivity index (χ2n) is 4.99. The van der Waals surface area contributed by atoms with Gasteiger partial charge in [-0.2, -0.15) is 0 Å². The van der Waals surface area contributed by atoms with Gasteiger partial charge in [0.05, 0.1) is 4.92 Å². The van der Waals surface area contributed by atoms with Gasteiger partial charge >= 0.3 is 0 Å². The first-order valence-corrected chi connectivity index (χ1v) is 6.96. The smallest absolute Gasteiger partial charge is 0.269 e. The zero-order valence-electron chi connectivity index (χ0n) is 11.2. The number of nitro groups is 1. The zero-order valence-corrected chi connectivity index (χ0v) is 11.2. The third-order valence-electron chi connectivity index (χ3n) is 3.53. The third-order valence-corrected chi connectivity index (χ3v) is 3.53. The quantitative estimate of drug-likeness (QED) is 0.655. The molecule has 1 aliphatic rings. The molecule has 0 radical (unpaired) electrons. The van der Waals surface area contributed by atoms with E-state index in [9.17, 15) is 10.1 Å². The minimum absolute atomic E-state index is 0.137. The Morgan fingerprint density at radius 2 is 1.74 bits per heavy atom. The van der Waals surface area contributed by atoms with Crippen LogP contribution in [0.5, 0.6) is 0 Å². The van der Waals surface area contributed by atoms with Gasteiger partial charge in [0.25, 0.3) is 5.69 Å². The van der Waals surface area contributed by atoms with E-state index in [1.807, 2.05) is 0 Å². The van der Waals surface area contributed by atoms with E-state index in [0.717, 1.165) is 18.8 Å². The van der Waals surface area contributed by atoms with Crippen molar-refractivity contribution in [2.24, 2.45) is 0 Å². The van der Waals surface area contributed by atoms with Crippen LogP contribution in [-0.2, 0) is 0 Å². The summed E-state index contributed by atoms with van der Waals surface area (Å²) in [7, 11) is 0. The summed E-state index contributed by atoms with van der Waals surface area (Å²) in [5.41, 5.74) is 1.08. The van der Waals surface area contributed by atoms with Crippen molar-refractivity contribution >= 4 is 11.4 Å². The Balaban J connectivity index is 1.74. The summed E-state index contributed by atoms with van der Waals surface area (Å²) >= 11 is 0. The fraction of sp³-hybridized carbons (Fsp3) is 0.571. The summed E-state index contributed by atoms with van der Waals surface area (Å²) in [5, 5.41) is 13.9. The lowest BCUT2D eigenvalue weighted by molar-refractivity contribution is -0.384. The monoisotopic (exact) mass is 263 g/mol. The molecule has 0 unspecified atom stereocenters. The molecule has 1 heterocycles. The Kier molecular flexibility index (Phi) is 5.15. The van der Waals surface area contributed by atoms with E-state index in [1.54, 1.807) is 12.1 Å². The van der Waals surface area contributed by atoms with Crippen LogP contribution in [0.2, 0.25) is 0 Å². The maximum absolute atomic E-state index is 10.5. The van der Waals surface area contributed by atoms with E-state index >= 15 is 0 Å². The van der Waals surface area contributed by atoms with Crippen molar-refractivity contribution in [1.82, 2.24) is 4.90 Å². The second kappa shape index (κ2) is 7.09. The van der Waals surface area contributed by atoms with Gasteiger partial charge in [-0.15, -0.1) is 0 Å². The van der Waals surface area contributed by atoms with Gasteiger partial charge in [-0.3, -0.25) is 10.1 Å². The van der Waals surface area contributed by atoms with Crippen LogP contribution in [0.1, 0.15) is 25.7 Å². The lowest BCUT2D eigenvalue weighted by atomic mass is 10.2. The predicted octanol–water partition coefficient (Wildman–Crippen LogP) is 2.88. The van der Waals surface area contributed by atoms with Crippen molar-refractivity contribution < 1.29 is 4.92 Å². The van der Waals surface area contributed by atoms with Crippen LogP contribution in [0.15, 0.2) is 24.3 Å². The van der Waals surface area contributed by atoms with Gasteiger partial charge in [0, 0.05) is 30.9 Å². The Hall–Kier alpha value is -1.62. The zero-order chi connectivity index (χ0) is 13.5. The maximum Gasteiger partial charge on any atom is 0.269 e. The van der Waals surface area contributed by atoms with Crippen molar-refractivity contribution in [3.63, 3.8) is 0 Å². The van der Waals surface area contributed by atoms with E-state index in [1.165, 1.54) is 50.9 Å². The number of nitrogens with one attached hydrogen (secondary N) is 1. The predicted molar refractivity (Wildman–Crippen MR) is 76.5 cm³/mol. The van der Waals surface area contributed by atoms with Crippen LogP contribution in [0.4, 0.5) is 11.4 Å². The fourth-order valence-corrected chi connectivity index (χ4v) is 2.42. The highest BCUT2D eigenvalue weighted by Gasteiger charge is 2.08. The number of hydrogen-bond acceptors (Lipinski definition) is 4. The number of nitrogens with zero attached hydrogens (tertiary/aromatic N) is 2. The minimum atomic E-state index is -0.374. The van der Waals surface area contributed by atoms with Gasteiger partial charge in [0.15, 0.2) is 0 Å². The molecule has 5 heteroatoms. The first kappa shape index (κ1) is 13.8. The molecule has 104 valence electrons. The summed E-state index contributed by atoms with van der Waals surface area (Å²) in [6, 6.07) is 6.60. The maximum atomic E-state index is 10.5. The first-order chi connectivity index (χ1) is 9.25. The van der Waals surface area contributed by atoms with Gasteiger partial charge in [0.1, 0.15) is 0 Å². The van der Waals surface area contributed by atoms with Gasteiger partial charge in [-0.1, -0.05) is 12.8 Å². The molecule has 2 rings (SSSR count). The summed E-state index contributed by atoms with van der Waals surface area (Å²) < 4.78 is 0. The topological polar surface area (TPSA) is 58.4 Å². The van der Waals surface area contributed by atoms with E-state index in [0.29, 0.717) is 0 Å². The molecule has 1 saturated heterocycles. The fourth-order valence-electron chi connectivity index (χ4n) is 2.42. The largest absolute Gasteiger partial charge is 0.384 e. The van der Waals surface area contributed by atoms with Crippen molar-refractivity contribution in [2.75, 3.05) is 31.5 Å². The summed E-state index contributed by atoms with van der Waals surface area (Å²) in [6.07, 6.45) is 5.31. The standard InChI is InChI=1S/C14H21N3O2/c18-17(19)14-7-5-13(6-8-14)15-9-12-16-10-3-1-2-4-11-16/h5-8,15H,1-4,9-12H2. The lowest BCUT2D eigenvalue weighted by Crippen LogP contribution is -2.29. The second-order valence-corrected chi connectivity index (χ2v) is 4.99. The SMILES string of the molecule is O=[N+]([O-])c1ccc(NCCN2CCCCCC2)cc1. The van der Waals surface area contributed by atoms with E-state index in [2.05, 4.69) is 10.2 Å². The minimum Gasteiger partial charge on any atom is -0.384 e. The summed E-state index contributed by atoms with van der Waals surface area (Å²) in [4.78, 5) is 12.7. The van der Waals surface area contributed by atoms with Crippen LogP contribution >= 0.6 is 0 Å². The number of rotatable bonds is 5. The molecule has 1 aliphatic heterocycles. The molecule has 1 aromatic carbocycles. The number of likely N-dealkylation sites (tertiary alicyclic amines) is 1. The Labute approximate surface area is 113 Å². The molecule has 0 atom stereocenters. The molecule has 0 spiro atoms. The highest BCUT2D eigenvalue weighted by atomic mass is 16.6. The molecule has 0 aliphatic carbocycles. The van der Waals surface area contributed by atoms with Crippen molar-refractivity contribution in [3.05, 3.63) is 34.4 Å². The van der Waals surface area contributed by atoms with Crippen LogP contribution < -0.4 is 5.32 Å². The van der Waals surface area contributed by atoms with E-state index < -0.39 is 0 Å². The van der Waals surface area contributed by atoms with Crippen molar-refractivity contribution in [1.29, 1.82) is 0 Å². The highest BCUT2D eigenvalue weighted by molar-refractivity contribution is 5.48. The number of anilines is 1. The van der Waals surface area contributed by atoms with Crippen LogP contribution in [0.25, 0.3) is 0 Å². The summed E-state index contributed by atoms with van der Waals surface area (Å²) in [5.74, 6) is 0. The Bertz CT molecular complexity index is 398. The average Bonchev–Trinajstić information content (AvgIpc) is 2.68. The van der Waals surface area contributed by atoms with E-state index in [-0.39, 0.29) is 10.6 Å². The molecule has 1 aromatic rings. The van der Waals surface area contributed by atoms with Crippen molar-refractivity contribution in [3.8, 4) is 0 Å². The molecule has 0 saturated carbocycles. The van der Waals surface area contributed by atoms with Gasteiger partial charge in [-0.05, 0) is 38.1 Å².